The summed E-state index contributed by atoms with van der Waals surface area (Å²) >= 11 is 0. The number of hydrogen-bond donors (Lipinski definition) is 0. The third kappa shape index (κ3) is 22.6. The summed E-state index contributed by atoms with van der Waals surface area (Å²) < 4.78 is 0. The van der Waals surface area contributed by atoms with E-state index in [1.807, 2.05) is 0 Å². The van der Waals surface area contributed by atoms with Crippen LogP contribution in [0.5, 0.6) is 0 Å². The number of carbonyl (C=O) groups is 1. The van der Waals surface area contributed by atoms with Crippen LogP contribution in [0.15, 0.2) is 0 Å². The summed E-state index contributed by atoms with van der Waals surface area (Å²) in [5.74, 6) is 0. The zero-order valence-electron chi connectivity index (χ0n) is 10.3. The van der Waals surface area contributed by atoms with Crippen molar-refractivity contribution in [2.45, 2.75) is 78.6 Å². The molecule has 0 atom stereocenters. The van der Waals surface area contributed by atoms with Gasteiger partial charge in [-0.15, -0.1) is 0 Å². The van der Waals surface area contributed by atoms with E-state index in [9.17, 15) is 4.79 Å². The lowest BCUT2D eigenvalue weighted by molar-refractivity contribution is -0.107. The van der Waals surface area contributed by atoms with E-state index in [1.54, 1.807) is 0 Å². The Labute approximate surface area is 90.3 Å². The molecule has 0 aliphatic rings. The summed E-state index contributed by atoms with van der Waals surface area (Å²) in [7, 11) is 0. The first kappa shape index (κ1) is 16.1. The van der Waals surface area contributed by atoms with Gasteiger partial charge >= 0.3 is 0 Å². The highest BCUT2D eigenvalue weighted by Crippen LogP contribution is 2.03. The van der Waals surface area contributed by atoms with Crippen molar-refractivity contribution in [3.05, 3.63) is 0 Å². The molecule has 0 N–H and O–H groups in total. The van der Waals surface area contributed by atoms with Crippen molar-refractivity contribution in [3.63, 3.8) is 0 Å². The van der Waals surface area contributed by atoms with E-state index < -0.39 is 0 Å². The minimum absolute atomic E-state index is 0.733. The van der Waals surface area contributed by atoms with Crippen molar-refractivity contribution in [1.29, 1.82) is 0 Å². The van der Waals surface area contributed by atoms with Crippen molar-refractivity contribution in [1.82, 2.24) is 0 Å². The maximum atomic E-state index is 9.56. The van der Waals surface area contributed by atoms with Crippen LogP contribution in [0.1, 0.15) is 78.6 Å². The molecule has 0 saturated carbocycles. The van der Waals surface area contributed by atoms with Gasteiger partial charge in [0.05, 0.1) is 0 Å². The van der Waals surface area contributed by atoms with Gasteiger partial charge in [-0.1, -0.05) is 65.7 Å². The molecule has 14 heavy (non-hydrogen) atoms. The van der Waals surface area contributed by atoms with Crippen molar-refractivity contribution in [2.24, 2.45) is 0 Å². The van der Waals surface area contributed by atoms with Crippen LogP contribution in [0.25, 0.3) is 0 Å². The second kappa shape index (κ2) is 18.5. The summed E-state index contributed by atoms with van der Waals surface area (Å²) in [6, 6.07) is 0. The molecule has 0 aromatic rings. The van der Waals surface area contributed by atoms with Crippen molar-refractivity contribution >= 4 is 6.29 Å². The number of carbonyl (C=O) groups excluding carboxylic acids is 1. The normalized spacial score (nSPS) is 9.07. The molecular weight excluding hydrogens is 172 g/mol. The fraction of sp³-hybridized carbons (Fsp3) is 0.923. The number of hydrogen-bond acceptors (Lipinski definition) is 1. The van der Waals surface area contributed by atoms with Crippen LogP contribution in [0.3, 0.4) is 0 Å². The fourth-order valence-electron chi connectivity index (χ4n) is 1.14. The summed E-state index contributed by atoms with van der Waals surface area (Å²) in [6.45, 7) is 6.58. The van der Waals surface area contributed by atoms with Gasteiger partial charge in [0.25, 0.3) is 0 Å². The Kier molecular flexibility index (Phi) is 21.2. The van der Waals surface area contributed by atoms with Crippen LogP contribution < -0.4 is 0 Å². The molecule has 0 rings (SSSR count). The minimum Gasteiger partial charge on any atom is -0.303 e. The molecule has 0 saturated heterocycles. The highest BCUT2D eigenvalue weighted by atomic mass is 16.1. The fourth-order valence-corrected chi connectivity index (χ4v) is 1.14. The molecule has 0 fully saturated rings. The first-order valence-electron chi connectivity index (χ1n) is 6.27. The third-order valence-electron chi connectivity index (χ3n) is 2.13. The molecule has 0 aromatic heterocycles. The Balaban J connectivity index is 0. The number of unbranched alkanes of at least 4 members (excludes halogenated alkanes) is 7. The van der Waals surface area contributed by atoms with E-state index in [2.05, 4.69) is 20.8 Å². The third-order valence-corrected chi connectivity index (χ3v) is 2.13. The zero-order valence-corrected chi connectivity index (χ0v) is 10.3. The molecule has 0 aromatic carbocycles. The van der Waals surface area contributed by atoms with Crippen molar-refractivity contribution < 1.29 is 4.79 Å². The molecule has 0 heterocycles. The lowest BCUT2D eigenvalue weighted by Gasteiger charge is -1.93. The first-order valence-corrected chi connectivity index (χ1v) is 6.27. The highest BCUT2D eigenvalue weighted by Gasteiger charge is 1.83. The lowest BCUT2D eigenvalue weighted by Crippen LogP contribution is -1.73. The van der Waals surface area contributed by atoms with Gasteiger partial charge in [-0.25, -0.2) is 0 Å². The van der Waals surface area contributed by atoms with Gasteiger partial charge in [0, 0.05) is 6.42 Å². The van der Waals surface area contributed by atoms with E-state index in [0.717, 1.165) is 25.5 Å². The largest absolute Gasteiger partial charge is 0.303 e. The second-order valence-electron chi connectivity index (χ2n) is 3.72. The molecular formula is C13H28O. The maximum Gasteiger partial charge on any atom is 0.119 e. The summed E-state index contributed by atoms with van der Waals surface area (Å²) in [5.41, 5.74) is 0. The zero-order chi connectivity index (χ0) is 11.1. The second-order valence-corrected chi connectivity index (χ2v) is 3.72. The van der Waals surface area contributed by atoms with Crippen LogP contribution in [0, 0.1) is 0 Å². The molecule has 86 valence electrons. The van der Waals surface area contributed by atoms with E-state index in [1.165, 1.54) is 38.5 Å². The Morgan fingerprint density at radius 3 is 1.36 bits per heavy atom. The summed E-state index contributed by atoms with van der Waals surface area (Å²) in [6.07, 6.45) is 12.4. The molecule has 1 heteroatoms. The summed E-state index contributed by atoms with van der Waals surface area (Å²) in [4.78, 5) is 9.56. The van der Waals surface area contributed by atoms with Crippen molar-refractivity contribution in [2.75, 3.05) is 0 Å². The van der Waals surface area contributed by atoms with Gasteiger partial charge in [0.2, 0.25) is 0 Å². The topological polar surface area (TPSA) is 17.1 Å². The van der Waals surface area contributed by atoms with Crippen LogP contribution in [-0.2, 0) is 4.79 Å². The monoisotopic (exact) mass is 200 g/mol. The van der Waals surface area contributed by atoms with Gasteiger partial charge in [-0.2, -0.15) is 0 Å². The minimum atomic E-state index is 0.733. The predicted octanol–water partition coefficient (Wildman–Crippen LogP) is 4.74. The van der Waals surface area contributed by atoms with Crippen LogP contribution in [0.4, 0.5) is 0 Å². The quantitative estimate of drug-likeness (QED) is 0.408. The number of aldehydes is 1. The lowest BCUT2D eigenvalue weighted by atomic mass is 10.1. The smallest absolute Gasteiger partial charge is 0.119 e. The van der Waals surface area contributed by atoms with E-state index in [-0.39, 0.29) is 0 Å². The molecule has 0 aliphatic heterocycles. The van der Waals surface area contributed by atoms with Crippen molar-refractivity contribution in [3.8, 4) is 0 Å². The highest BCUT2D eigenvalue weighted by molar-refractivity contribution is 5.48. The first-order chi connectivity index (χ1) is 6.83. The molecule has 0 unspecified atom stereocenters. The average molecular weight is 200 g/mol. The van der Waals surface area contributed by atoms with Gasteiger partial charge < -0.3 is 4.79 Å². The Hall–Kier alpha value is -0.330. The van der Waals surface area contributed by atoms with Crippen LogP contribution in [0.2, 0.25) is 0 Å². The van der Waals surface area contributed by atoms with E-state index in [4.69, 9.17) is 0 Å². The molecule has 1 nitrogen and oxygen atoms in total. The Morgan fingerprint density at radius 2 is 1.14 bits per heavy atom. The summed E-state index contributed by atoms with van der Waals surface area (Å²) in [5, 5.41) is 0. The van der Waals surface area contributed by atoms with Gasteiger partial charge in [-0.05, 0) is 6.42 Å². The standard InChI is InChI=1S/C8H18.C5H10O/c1-3-5-7-8-6-4-2;1-2-3-4-5-6/h3-8H2,1-2H3;5H,2-4H2,1H3. The molecule has 0 aliphatic carbocycles. The molecule has 0 bridgehead atoms. The molecule has 0 amide bonds. The predicted molar refractivity (Wildman–Crippen MR) is 64.6 cm³/mol. The van der Waals surface area contributed by atoms with Gasteiger partial charge in [0.15, 0.2) is 0 Å². The van der Waals surface area contributed by atoms with Gasteiger partial charge in [-0.3, -0.25) is 0 Å². The van der Waals surface area contributed by atoms with E-state index in [0.29, 0.717) is 0 Å². The SMILES string of the molecule is CCCCC=O.CCCCCCCC. The van der Waals surface area contributed by atoms with E-state index >= 15 is 0 Å². The van der Waals surface area contributed by atoms with Crippen LogP contribution >= 0.6 is 0 Å². The Morgan fingerprint density at radius 1 is 0.714 bits per heavy atom. The molecule has 0 radical (unpaired) electrons. The van der Waals surface area contributed by atoms with Gasteiger partial charge in [0.1, 0.15) is 6.29 Å². The number of rotatable bonds is 8. The average Bonchev–Trinajstić information content (AvgIpc) is 2.22. The molecule has 0 spiro atoms. The van der Waals surface area contributed by atoms with Crippen LogP contribution in [-0.4, -0.2) is 6.29 Å². The Bertz CT molecular complexity index is 83.2. The maximum absolute atomic E-state index is 9.56.